The molecule has 0 spiro atoms. The molecule has 11 heteroatoms. The SMILES string of the molecule is CC(C)(C)OC(=O)N[C@@H](CCSCCC(O[Si](C)(C)C(C)(C)C)C(F)(F)F)C(=O)OC(C)(C)C. The Morgan fingerprint density at radius 1 is 0.853 bits per heavy atom. The molecule has 0 saturated heterocycles. The van der Waals surface area contributed by atoms with Crippen LogP contribution in [0.25, 0.3) is 0 Å². The Hall–Kier alpha value is -0.943. The van der Waals surface area contributed by atoms with Crippen molar-refractivity contribution in [2.75, 3.05) is 11.5 Å². The maximum absolute atomic E-state index is 13.6. The molecule has 0 aromatic rings. The quantitative estimate of drug-likeness (QED) is 0.192. The Labute approximate surface area is 208 Å². The van der Waals surface area contributed by atoms with Gasteiger partial charge in [-0.2, -0.15) is 24.9 Å². The number of alkyl carbamates (subject to hydrolysis) is 1. The predicted molar refractivity (Wildman–Crippen MR) is 134 cm³/mol. The number of hydrogen-bond acceptors (Lipinski definition) is 6. The number of amides is 1. The topological polar surface area (TPSA) is 73.9 Å². The lowest BCUT2D eigenvalue weighted by atomic mass is 10.1. The molecule has 0 aromatic heterocycles. The fourth-order valence-electron chi connectivity index (χ4n) is 2.39. The average Bonchev–Trinajstić information content (AvgIpc) is 2.54. The van der Waals surface area contributed by atoms with E-state index in [0.29, 0.717) is 5.75 Å². The molecule has 1 amide bonds. The van der Waals surface area contributed by atoms with E-state index in [-0.39, 0.29) is 23.6 Å². The van der Waals surface area contributed by atoms with Crippen molar-refractivity contribution in [1.29, 1.82) is 0 Å². The van der Waals surface area contributed by atoms with Crippen molar-refractivity contribution in [1.82, 2.24) is 5.32 Å². The lowest BCUT2D eigenvalue weighted by molar-refractivity contribution is -0.198. The Balaban J connectivity index is 5.02. The molecule has 6 nitrogen and oxygen atoms in total. The summed E-state index contributed by atoms with van der Waals surface area (Å²) < 4.78 is 57.0. The minimum atomic E-state index is -4.45. The molecule has 0 aliphatic rings. The molecule has 0 fully saturated rings. The summed E-state index contributed by atoms with van der Waals surface area (Å²) in [6, 6.07) is -0.969. The minimum absolute atomic E-state index is 0.183. The fraction of sp³-hybridized carbons (Fsp3) is 0.913. The molecule has 0 aliphatic carbocycles. The van der Waals surface area contributed by atoms with E-state index in [2.05, 4.69) is 5.32 Å². The van der Waals surface area contributed by atoms with Crippen molar-refractivity contribution in [2.24, 2.45) is 0 Å². The molecule has 2 atom stereocenters. The van der Waals surface area contributed by atoms with Gasteiger partial charge in [-0.15, -0.1) is 0 Å². The molecule has 0 saturated carbocycles. The van der Waals surface area contributed by atoms with Crippen LogP contribution >= 0.6 is 11.8 Å². The number of hydrogen-bond donors (Lipinski definition) is 1. The van der Waals surface area contributed by atoms with E-state index >= 15 is 0 Å². The summed E-state index contributed by atoms with van der Waals surface area (Å²) in [5.41, 5.74) is -1.49. The monoisotopic (exact) mass is 531 g/mol. The smallest absolute Gasteiger partial charge is 0.413 e. The highest BCUT2D eigenvalue weighted by Gasteiger charge is 2.47. The number of nitrogens with one attached hydrogen (secondary N) is 1. The maximum Gasteiger partial charge on any atom is 0.413 e. The van der Waals surface area contributed by atoms with Crippen LogP contribution in [0.5, 0.6) is 0 Å². The van der Waals surface area contributed by atoms with E-state index in [1.165, 1.54) is 11.8 Å². The summed E-state index contributed by atoms with van der Waals surface area (Å²) in [4.78, 5) is 24.7. The first-order chi connectivity index (χ1) is 14.9. The molecule has 0 heterocycles. The zero-order chi connectivity index (χ0) is 27.2. The number of alkyl halides is 3. The Morgan fingerprint density at radius 2 is 1.32 bits per heavy atom. The van der Waals surface area contributed by atoms with Crippen molar-refractivity contribution < 1.29 is 36.7 Å². The summed E-state index contributed by atoms with van der Waals surface area (Å²) in [6.45, 7) is 19.5. The van der Waals surface area contributed by atoms with Crippen molar-refractivity contribution in [2.45, 2.75) is 123 Å². The first-order valence-electron chi connectivity index (χ1n) is 11.5. The summed E-state index contributed by atoms with van der Waals surface area (Å²) in [7, 11) is -2.59. The lowest BCUT2D eigenvalue weighted by Gasteiger charge is -2.39. The van der Waals surface area contributed by atoms with Crippen LogP contribution in [0, 0.1) is 0 Å². The number of carbonyl (C=O) groups excluding carboxylic acids is 2. The van der Waals surface area contributed by atoms with Crippen LogP contribution < -0.4 is 5.32 Å². The standard InChI is InChI=1S/C23H44F3NO5SSi/c1-20(2,3)30-18(28)16(27-19(29)31-21(4,5)6)12-14-33-15-13-17(23(24,25)26)32-34(10,11)22(7,8)9/h16-17H,12-15H2,1-11H3,(H,27,29)/t16-,17?/m0/s1. The van der Waals surface area contributed by atoms with Crippen LogP contribution in [0.15, 0.2) is 0 Å². The summed E-state index contributed by atoms with van der Waals surface area (Å²) in [5.74, 6) is -0.0650. The second kappa shape index (κ2) is 12.3. The second-order valence-electron chi connectivity index (χ2n) is 11.8. The van der Waals surface area contributed by atoms with Gasteiger partial charge in [0.1, 0.15) is 23.3 Å². The van der Waals surface area contributed by atoms with E-state index in [4.69, 9.17) is 13.9 Å². The number of rotatable bonds is 10. The number of halogens is 3. The van der Waals surface area contributed by atoms with E-state index in [1.54, 1.807) is 54.6 Å². The summed E-state index contributed by atoms with van der Waals surface area (Å²) in [6.07, 6.45) is -7.03. The highest BCUT2D eigenvalue weighted by atomic mass is 32.2. The zero-order valence-corrected chi connectivity index (χ0v) is 24.4. The van der Waals surface area contributed by atoms with Gasteiger partial charge in [0, 0.05) is 0 Å². The van der Waals surface area contributed by atoms with Crippen molar-refractivity contribution >= 4 is 32.1 Å². The molecule has 0 radical (unpaired) electrons. The number of ether oxygens (including phenoxy) is 2. The molecule has 1 unspecified atom stereocenters. The Kier molecular flexibility index (Phi) is 12.0. The van der Waals surface area contributed by atoms with Gasteiger partial charge < -0.3 is 19.2 Å². The number of esters is 1. The van der Waals surface area contributed by atoms with E-state index in [9.17, 15) is 22.8 Å². The van der Waals surface area contributed by atoms with Crippen molar-refractivity contribution in [3.8, 4) is 0 Å². The molecule has 0 bridgehead atoms. The van der Waals surface area contributed by atoms with Gasteiger partial charge in [0.2, 0.25) is 0 Å². The fourth-order valence-corrected chi connectivity index (χ4v) is 4.69. The Bertz CT molecular complexity index is 667. The number of carbonyl (C=O) groups is 2. The molecule has 34 heavy (non-hydrogen) atoms. The Morgan fingerprint density at radius 3 is 1.74 bits per heavy atom. The zero-order valence-electron chi connectivity index (χ0n) is 22.6. The van der Waals surface area contributed by atoms with Gasteiger partial charge in [0.05, 0.1) is 0 Å². The van der Waals surface area contributed by atoms with Crippen LogP contribution in [0.4, 0.5) is 18.0 Å². The lowest BCUT2D eigenvalue weighted by Crippen LogP contribution is -2.48. The third-order valence-electron chi connectivity index (χ3n) is 5.07. The van der Waals surface area contributed by atoms with Gasteiger partial charge in [0.25, 0.3) is 0 Å². The third kappa shape index (κ3) is 13.8. The molecular weight excluding hydrogens is 487 g/mol. The van der Waals surface area contributed by atoms with Crippen molar-refractivity contribution in [3.05, 3.63) is 0 Å². The van der Waals surface area contributed by atoms with Crippen LogP contribution in [0.2, 0.25) is 18.1 Å². The van der Waals surface area contributed by atoms with Gasteiger partial charge in [-0.1, -0.05) is 20.8 Å². The number of thioether (sulfide) groups is 1. The van der Waals surface area contributed by atoms with E-state index in [0.717, 1.165) is 0 Å². The minimum Gasteiger partial charge on any atom is -0.458 e. The van der Waals surface area contributed by atoms with Crippen LogP contribution in [0.3, 0.4) is 0 Å². The van der Waals surface area contributed by atoms with Crippen LogP contribution in [0.1, 0.15) is 75.2 Å². The van der Waals surface area contributed by atoms with Crippen LogP contribution in [-0.2, 0) is 18.7 Å². The molecule has 0 aliphatic heterocycles. The van der Waals surface area contributed by atoms with Gasteiger partial charge in [-0.25, -0.2) is 9.59 Å². The van der Waals surface area contributed by atoms with Gasteiger partial charge in [-0.05, 0) is 84.0 Å². The molecule has 202 valence electrons. The van der Waals surface area contributed by atoms with E-state index in [1.807, 2.05) is 20.8 Å². The van der Waals surface area contributed by atoms with Gasteiger partial charge in [0.15, 0.2) is 8.32 Å². The summed E-state index contributed by atoms with van der Waals surface area (Å²) in [5, 5.41) is 2.18. The second-order valence-corrected chi connectivity index (χ2v) is 17.8. The highest BCUT2D eigenvalue weighted by Crippen LogP contribution is 2.40. The van der Waals surface area contributed by atoms with Gasteiger partial charge in [-0.3, -0.25) is 0 Å². The summed E-state index contributed by atoms with van der Waals surface area (Å²) >= 11 is 1.27. The largest absolute Gasteiger partial charge is 0.458 e. The van der Waals surface area contributed by atoms with E-state index < -0.39 is 49.9 Å². The maximum atomic E-state index is 13.6. The molecule has 0 aromatic carbocycles. The first kappa shape index (κ1) is 33.1. The molecule has 0 rings (SSSR count). The normalized spacial score (nSPS) is 15.5. The predicted octanol–water partition coefficient (Wildman–Crippen LogP) is 6.69. The molecule has 1 N–H and O–H groups in total. The third-order valence-corrected chi connectivity index (χ3v) is 10.6. The van der Waals surface area contributed by atoms with Crippen molar-refractivity contribution in [3.63, 3.8) is 0 Å². The van der Waals surface area contributed by atoms with Crippen LogP contribution in [-0.4, -0.2) is 61.4 Å². The highest BCUT2D eigenvalue weighted by molar-refractivity contribution is 7.99. The van der Waals surface area contributed by atoms with Gasteiger partial charge >= 0.3 is 18.2 Å². The molecular formula is C23H44F3NO5SSi. The average molecular weight is 532 g/mol. The first-order valence-corrected chi connectivity index (χ1v) is 15.6.